The summed E-state index contributed by atoms with van der Waals surface area (Å²) in [7, 11) is 1.82. The minimum atomic E-state index is 0.0165. The fourth-order valence-electron chi connectivity index (χ4n) is 2.74. The molecule has 1 heterocycles. The number of rotatable bonds is 5. The molecule has 3 aromatic rings. The van der Waals surface area contributed by atoms with Crippen LogP contribution in [0, 0.1) is 0 Å². The van der Waals surface area contributed by atoms with E-state index in [0.717, 1.165) is 11.3 Å². The Bertz CT molecular complexity index is 835. The van der Waals surface area contributed by atoms with Crippen LogP contribution in [0.15, 0.2) is 67.0 Å². The lowest BCUT2D eigenvalue weighted by molar-refractivity contribution is 0.0785. The molecule has 0 atom stereocenters. The van der Waals surface area contributed by atoms with Gasteiger partial charge in [0.15, 0.2) is 0 Å². The number of para-hydroxylation sites is 1. The third-order valence-corrected chi connectivity index (χ3v) is 4.25. The molecule has 0 unspecified atom stereocenters. The average molecular weight is 333 g/mol. The van der Waals surface area contributed by atoms with Crippen LogP contribution in [0.4, 0.5) is 0 Å². The van der Waals surface area contributed by atoms with Gasteiger partial charge in [-0.25, -0.2) is 4.68 Å². The average Bonchev–Trinajstić information content (AvgIpc) is 3.10. The lowest BCUT2D eigenvalue weighted by Gasteiger charge is -2.16. The minimum Gasteiger partial charge on any atom is -0.337 e. The van der Waals surface area contributed by atoms with Gasteiger partial charge in [0.2, 0.25) is 0 Å². The van der Waals surface area contributed by atoms with Gasteiger partial charge >= 0.3 is 0 Å². The summed E-state index contributed by atoms with van der Waals surface area (Å²) in [5.41, 5.74) is 3.95. The van der Waals surface area contributed by atoms with E-state index in [1.165, 1.54) is 5.56 Å². The monoisotopic (exact) mass is 333 g/mol. The number of hydrogen-bond donors (Lipinski definition) is 0. The molecule has 0 saturated heterocycles. The zero-order valence-electron chi connectivity index (χ0n) is 14.9. The second-order valence-corrected chi connectivity index (χ2v) is 6.57. The van der Waals surface area contributed by atoms with Gasteiger partial charge in [0.25, 0.3) is 5.91 Å². The van der Waals surface area contributed by atoms with Gasteiger partial charge in [-0.15, -0.1) is 0 Å². The highest BCUT2D eigenvalue weighted by Crippen LogP contribution is 2.16. The molecule has 0 spiro atoms. The zero-order chi connectivity index (χ0) is 17.8. The molecule has 0 aliphatic carbocycles. The van der Waals surface area contributed by atoms with Crippen LogP contribution in [0.2, 0.25) is 0 Å². The summed E-state index contributed by atoms with van der Waals surface area (Å²) >= 11 is 0. The SMILES string of the molecule is CC(C)c1ccc(C(=O)N(C)Cc2cnn(-c3ccccc3)c2)cc1. The molecule has 1 aromatic heterocycles. The third kappa shape index (κ3) is 3.97. The van der Waals surface area contributed by atoms with Crippen LogP contribution in [0.25, 0.3) is 5.69 Å². The second-order valence-electron chi connectivity index (χ2n) is 6.57. The van der Waals surface area contributed by atoms with Crippen LogP contribution >= 0.6 is 0 Å². The van der Waals surface area contributed by atoms with Crippen molar-refractivity contribution in [1.82, 2.24) is 14.7 Å². The molecule has 128 valence electrons. The molecule has 0 radical (unpaired) electrons. The van der Waals surface area contributed by atoms with E-state index < -0.39 is 0 Å². The Kier molecular flexibility index (Phi) is 4.98. The van der Waals surface area contributed by atoms with Crippen molar-refractivity contribution >= 4 is 5.91 Å². The lowest BCUT2D eigenvalue weighted by Crippen LogP contribution is -2.26. The van der Waals surface area contributed by atoms with Crippen molar-refractivity contribution in [3.8, 4) is 5.69 Å². The molecule has 2 aromatic carbocycles. The van der Waals surface area contributed by atoms with E-state index in [4.69, 9.17) is 0 Å². The van der Waals surface area contributed by atoms with Crippen molar-refractivity contribution in [2.24, 2.45) is 0 Å². The Morgan fingerprint density at radius 2 is 1.76 bits per heavy atom. The van der Waals surface area contributed by atoms with E-state index >= 15 is 0 Å². The molecular weight excluding hydrogens is 310 g/mol. The summed E-state index contributed by atoms with van der Waals surface area (Å²) in [6, 6.07) is 17.8. The zero-order valence-corrected chi connectivity index (χ0v) is 14.9. The van der Waals surface area contributed by atoms with Gasteiger partial charge in [0.1, 0.15) is 0 Å². The van der Waals surface area contributed by atoms with Crippen molar-refractivity contribution in [3.63, 3.8) is 0 Å². The molecule has 3 rings (SSSR count). The van der Waals surface area contributed by atoms with Gasteiger partial charge in [-0.1, -0.05) is 44.2 Å². The number of nitrogens with zero attached hydrogens (tertiary/aromatic N) is 3. The van der Waals surface area contributed by atoms with Crippen LogP contribution in [0.5, 0.6) is 0 Å². The molecule has 0 aliphatic heterocycles. The Hall–Kier alpha value is -2.88. The number of benzene rings is 2. The largest absolute Gasteiger partial charge is 0.337 e. The maximum Gasteiger partial charge on any atom is 0.253 e. The van der Waals surface area contributed by atoms with E-state index in [0.29, 0.717) is 18.0 Å². The molecule has 0 N–H and O–H groups in total. The smallest absolute Gasteiger partial charge is 0.253 e. The van der Waals surface area contributed by atoms with Crippen molar-refractivity contribution in [2.45, 2.75) is 26.3 Å². The molecule has 0 bridgehead atoms. The number of carbonyl (C=O) groups excluding carboxylic acids is 1. The van der Waals surface area contributed by atoms with E-state index in [2.05, 4.69) is 18.9 Å². The molecule has 1 amide bonds. The predicted molar refractivity (Wildman–Crippen MR) is 99.9 cm³/mol. The maximum atomic E-state index is 12.6. The van der Waals surface area contributed by atoms with E-state index in [1.54, 1.807) is 11.1 Å². The first-order valence-electron chi connectivity index (χ1n) is 8.49. The van der Waals surface area contributed by atoms with Gasteiger partial charge < -0.3 is 4.90 Å². The topological polar surface area (TPSA) is 38.1 Å². The predicted octanol–water partition coefficient (Wildman–Crippen LogP) is 4.27. The Morgan fingerprint density at radius 3 is 2.40 bits per heavy atom. The quantitative estimate of drug-likeness (QED) is 0.699. The number of hydrogen-bond acceptors (Lipinski definition) is 2. The summed E-state index contributed by atoms with van der Waals surface area (Å²) in [4.78, 5) is 14.3. The summed E-state index contributed by atoms with van der Waals surface area (Å²) in [6.07, 6.45) is 3.76. The van der Waals surface area contributed by atoms with Gasteiger partial charge in [-0.05, 0) is 35.7 Å². The summed E-state index contributed by atoms with van der Waals surface area (Å²) in [5.74, 6) is 0.480. The fraction of sp³-hybridized carbons (Fsp3) is 0.238. The van der Waals surface area contributed by atoms with Crippen LogP contribution in [0.1, 0.15) is 41.3 Å². The normalized spacial score (nSPS) is 10.9. The summed E-state index contributed by atoms with van der Waals surface area (Å²) in [5, 5.41) is 4.38. The molecule has 0 aliphatic rings. The van der Waals surface area contributed by atoms with Crippen LogP contribution in [-0.4, -0.2) is 27.6 Å². The third-order valence-electron chi connectivity index (χ3n) is 4.25. The van der Waals surface area contributed by atoms with E-state index in [-0.39, 0.29) is 5.91 Å². The number of aromatic nitrogens is 2. The van der Waals surface area contributed by atoms with Crippen molar-refractivity contribution in [3.05, 3.63) is 83.7 Å². The molecule has 4 heteroatoms. The highest BCUT2D eigenvalue weighted by atomic mass is 16.2. The van der Waals surface area contributed by atoms with E-state index in [1.807, 2.05) is 72.5 Å². The van der Waals surface area contributed by atoms with Crippen molar-refractivity contribution < 1.29 is 4.79 Å². The van der Waals surface area contributed by atoms with Gasteiger partial charge in [0.05, 0.1) is 11.9 Å². The van der Waals surface area contributed by atoms with Crippen molar-refractivity contribution in [2.75, 3.05) is 7.05 Å². The summed E-state index contributed by atoms with van der Waals surface area (Å²) in [6.45, 7) is 4.82. The van der Waals surface area contributed by atoms with Crippen LogP contribution < -0.4 is 0 Å². The number of carbonyl (C=O) groups is 1. The highest BCUT2D eigenvalue weighted by Gasteiger charge is 2.13. The van der Waals surface area contributed by atoms with Gasteiger partial charge in [-0.3, -0.25) is 4.79 Å². The second kappa shape index (κ2) is 7.34. The molecule has 0 saturated carbocycles. The van der Waals surface area contributed by atoms with Crippen LogP contribution in [-0.2, 0) is 6.54 Å². The molecule has 0 fully saturated rings. The van der Waals surface area contributed by atoms with Gasteiger partial charge in [0, 0.05) is 30.9 Å². The Balaban J connectivity index is 1.68. The molecule has 4 nitrogen and oxygen atoms in total. The lowest BCUT2D eigenvalue weighted by atomic mass is 10.0. The fourth-order valence-corrected chi connectivity index (χ4v) is 2.74. The standard InChI is InChI=1S/C21H23N3O/c1-16(2)18-9-11-19(12-10-18)21(25)23(3)14-17-13-22-24(15-17)20-7-5-4-6-8-20/h4-13,15-16H,14H2,1-3H3. The molecule has 25 heavy (non-hydrogen) atoms. The number of amides is 1. The van der Waals surface area contributed by atoms with Crippen LogP contribution in [0.3, 0.4) is 0 Å². The van der Waals surface area contributed by atoms with Gasteiger partial charge in [-0.2, -0.15) is 5.10 Å². The first-order chi connectivity index (χ1) is 12.0. The van der Waals surface area contributed by atoms with E-state index in [9.17, 15) is 4.79 Å². The Morgan fingerprint density at radius 1 is 1.08 bits per heavy atom. The van der Waals surface area contributed by atoms with Crippen molar-refractivity contribution in [1.29, 1.82) is 0 Å². The first-order valence-corrected chi connectivity index (χ1v) is 8.49. The maximum absolute atomic E-state index is 12.6. The highest BCUT2D eigenvalue weighted by molar-refractivity contribution is 5.94. The molecular formula is C21H23N3O. The minimum absolute atomic E-state index is 0.0165. The Labute approximate surface area is 148 Å². The first kappa shape index (κ1) is 17.0. The summed E-state index contributed by atoms with van der Waals surface area (Å²) < 4.78 is 1.82.